The van der Waals surface area contributed by atoms with Crippen LogP contribution in [0.1, 0.15) is 0 Å². The van der Waals surface area contributed by atoms with E-state index < -0.39 is 0 Å². The highest BCUT2D eigenvalue weighted by Crippen LogP contribution is 2.25. The number of aliphatic hydroxyl groups is 1. The minimum Gasteiger partial charge on any atom is -0.395 e. The van der Waals surface area contributed by atoms with E-state index in [-0.39, 0.29) is 12.4 Å². The number of hydrogen-bond donors (Lipinski definition) is 2. The van der Waals surface area contributed by atoms with Crippen molar-refractivity contribution in [2.45, 2.75) is 0 Å². The van der Waals surface area contributed by atoms with E-state index in [1.165, 1.54) is 18.5 Å². The van der Waals surface area contributed by atoms with Crippen LogP contribution >= 0.6 is 15.9 Å². The highest BCUT2D eigenvalue weighted by molar-refractivity contribution is 9.10. The molecule has 0 spiro atoms. The number of nitrogens with zero attached hydrogens (tertiary/aromatic N) is 2. The van der Waals surface area contributed by atoms with Gasteiger partial charge in [-0.3, -0.25) is 0 Å². The van der Waals surface area contributed by atoms with Crippen LogP contribution in [0.2, 0.25) is 0 Å². The maximum absolute atomic E-state index is 13.6. The lowest BCUT2D eigenvalue weighted by atomic mass is 10.1. The third-order valence-electron chi connectivity index (χ3n) is 2.29. The second-order valence-electron chi connectivity index (χ2n) is 3.57. The van der Waals surface area contributed by atoms with Gasteiger partial charge >= 0.3 is 0 Å². The Kier molecular flexibility index (Phi) is 4.22. The molecule has 1 heterocycles. The summed E-state index contributed by atoms with van der Waals surface area (Å²) in [5.74, 6) is 0.0843. The van der Waals surface area contributed by atoms with Crippen LogP contribution in [0, 0.1) is 5.82 Å². The van der Waals surface area contributed by atoms with Gasteiger partial charge in [-0.1, -0.05) is 15.9 Å². The van der Waals surface area contributed by atoms with Crippen molar-refractivity contribution >= 4 is 21.9 Å². The molecule has 2 aromatic rings. The summed E-state index contributed by atoms with van der Waals surface area (Å²) in [6.07, 6.45) is 3.08. The average molecular weight is 312 g/mol. The highest BCUT2D eigenvalue weighted by atomic mass is 79.9. The van der Waals surface area contributed by atoms with Gasteiger partial charge in [0, 0.05) is 34.5 Å². The fourth-order valence-electron chi connectivity index (χ4n) is 1.44. The van der Waals surface area contributed by atoms with E-state index in [9.17, 15) is 4.39 Å². The number of rotatable bonds is 4. The molecule has 0 aliphatic carbocycles. The molecule has 0 aliphatic rings. The van der Waals surface area contributed by atoms with Crippen LogP contribution in [0.5, 0.6) is 0 Å². The minimum absolute atomic E-state index is 0.00533. The zero-order chi connectivity index (χ0) is 13.0. The van der Waals surface area contributed by atoms with Crippen molar-refractivity contribution in [2.75, 3.05) is 18.5 Å². The fraction of sp³-hybridized carbons (Fsp3) is 0.167. The molecular weight excluding hydrogens is 301 g/mol. The van der Waals surface area contributed by atoms with Crippen molar-refractivity contribution < 1.29 is 9.50 Å². The van der Waals surface area contributed by atoms with Gasteiger partial charge in [0.25, 0.3) is 0 Å². The largest absolute Gasteiger partial charge is 0.395 e. The summed E-state index contributed by atoms with van der Waals surface area (Å²) < 4.78 is 14.4. The molecule has 4 nitrogen and oxygen atoms in total. The van der Waals surface area contributed by atoms with Gasteiger partial charge in [-0.2, -0.15) is 0 Å². The lowest BCUT2D eigenvalue weighted by molar-refractivity contribution is 0.311. The first-order valence-corrected chi connectivity index (χ1v) is 6.12. The summed E-state index contributed by atoms with van der Waals surface area (Å²) in [6, 6.07) is 4.70. The van der Waals surface area contributed by atoms with Crippen molar-refractivity contribution in [3.63, 3.8) is 0 Å². The van der Waals surface area contributed by atoms with E-state index in [1.54, 1.807) is 12.1 Å². The van der Waals surface area contributed by atoms with Crippen LogP contribution in [-0.4, -0.2) is 28.2 Å². The molecule has 1 aromatic heterocycles. The molecule has 2 rings (SSSR count). The van der Waals surface area contributed by atoms with E-state index in [2.05, 4.69) is 31.2 Å². The summed E-state index contributed by atoms with van der Waals surface area (Å²) in [4.78, 5) is 8.10. The molecule has 1 aromatic carbocycles. The molecule has 0 fully saturated rings. The lowest BCUT2D eigenvalue weighted by Gasteiger charge is -2.05. The molecule has 0 atom stereocenters. The Bertz CT molecular complexity index is 533. The highest BCUT2D eigenvalue weighted by Gasteiger charge is 2.07. The Morgan fingerprint density at radius 2 is 2.00 bits per heavy atom. The second kappa shape index (κ2) is 5.88. The molecule has 94 valence electrons. The van der Waals surface area contributed by atoms with Gasteiger partial charge in [0.2, 0.25) is 5.95 Å². The Balaban J connectivity index is 2.25. The third-order valence-corrected chi connectivity index (χ3v) is 2.78. The number of aromatic nitrogens is 2. The van der Waals surface area contributed by atoms with E-state index in [0.717, 1.165) is 4.47 Å². The molecule has 0 saturated carbocycles. The molecule has 2 N–H and O–H groups in total. The molecule has 0 amide bonds. The fourth-order valence-corrected chi connectivity index (χ4v) is 1.81. The molecule has 18 heavy (non-hydrogen) atoms. The summed E-state index contributed by atoms with van der Waals surface area (Å²) >= 11 is 3.29. The Labute approximate surface area is 112 Å². The van der Waals surface area contributed by atoms with Crippen molar-refractivity contribution in [1.82, 2.24) is 9.97 Å². The Hall–Kier alpha value is -1.53. The predicted molar refractivity (Wildman–Crippen MR) is 70.7 cm³/mol. The van der Waals surface area contributed by atoms with Crippen molar-refractivity contribution in [3.05, 3.63) is 40.9 Å². The van der Waals surface area contributed by atoms with Crippen LogP contribution in [0.15, 0.2) is 35.1 Å². The zero-order valence-corrected chi connectivity index (χ0v) is 11.0. The maximum Gasteiger partial charge on any atom is 0.222 e. The van der Waals surface area contributed by atoms with Crippen LogP contribution in [-0.2, 0) is 0 Å². The molecule has 0 radical (unpaired) electrons. The first-order valence-electron chi connectivity index (χ1n) is 5.33. The van der Waals surface area contributed by atoms with Crippen molar-refractivity contribution in [1.29, 1.82) is 0 Å². The van der Waals surface area contributed by atoms with E-state index in [0.29, 0.717) is 23.6 Å². The molecule has 0 saturated heterocycles. The lowest BCUT2D eigenvalue weighted by Crippen LogP contribution is -2.08. The van der Waals surface area contributed by atoms with Gasteiger partial charge in [0.15, 0.2) is 0 Å². The van der Waals surface area contributed by atoms with Gasteiger partial charge in [0.1, 0.15) is 5.82 Å². The number of nitrogens with one attached hydrogen (secondary N) is 1. The quantitative estimate of drug-likeness (QED) is 0.910. The Morgan fingerprint density at radius 1 is 1.28 bits per heavy atom. The average Bonchev–Trinajstić information content (AvgIpc) is 2.40. The number of aliphatic hydroxyl groups excluding tert-OH is 1. The van der Waals surface area contributed by atoms with Gasteiger partial charge in [0.05, 0.1) is 6.61 Å². The Morgan fingerprint density at radius 3 is 2.67 bits per heavy atom. The van der Waals surface area contributed by atoms with Gasteiger partial charge in [-0.25, -0.2) is 14.4 Å². The number of halogens is 2. The standard InChI is InChI=1S/C12H11BrFN3O/c13-9-1-2-11(14)10(5-9)8-6-16-12(17-7-8)15-3-4-18/h1-2,5-7,18H,3-4H2,(H,15,16,17). The summed E-state index contributed by atoms with van der Waals surface area (Å²) in [5, 5.41) is 11.5. The summed E-state index contributed by atoms with van der Waals surface area (Å²) in [5.41, 5.74) is 1.04. The molecule has 6 heteroatoms. The number of anilines is 1. The number of hydrogen-bond acceptors (Lipinski definition) is 4. The van der Waals surface area contributed by atoms with Crippen LogP contribution in [0.3, 0.4) is 0 Å². The first-order chi connectivity index (χ1) is 8.70. The topological polar surface area (TPSA) is 58.0 Å². The summed E-state index contributed by atoms with van der Waals surface area (Å²) in [6.45, 7) is 0.385. The first kappa shape index (κ1) is 12.9. The predicted octanol–water partition coefficient (Wildman–Crippen LogP) is 2.45. The van der Waals surface area contributed by atoms with Crippen LogP contribution in [0.25, 0.3) is 11.1 Å². The molecule has 0 aliphatic heterocycles. The molecular formula is C12H11BrFN3O. The monoisotopic (exact) mass is 311 g/mol. The smallest absolute Gasteiger partial charge is 0.222 e. The maximum atomic E-state index is 13.6. The van der Waals surface area contributed by atoms with E-state index in [1.807, 2.05) is 0 Å². The summed E-state index contributed by atoms with van der Waals surface area (Å²) in [7, 11) is 0. The second-order valence-corrected chi connectivity index (χ2v) is 4.49. The number of benzene rings is 1. The molecule has 0 unspecified atom stereocenters. The van der Waals surface area contributed by atoms with Crippen molar-refractivity contribution in [3.8, 4) is 11.1 Å². The van der Waals surface area contributed by atoms with E-state index in [4.69, 9.17) is 5.11 Å². The third kappa shape index (κ3) is 3.02. The normalized spacial score (nSPS) is 10.4. The molecule has 0 bridgehead atoms. The van der Waals surface area contributed by atoms with Gasteiger partial charge in [-0.05, 0) is 18.2 Å². The zero-order valence-electron chi connectivity index (χ0n) is 9.40. The van der Waals surface area contributed by atoms with Gasteiger partial charge < -0.3 is 10.4 Å². The van der Waals surface area contributed by atoms with Crippen molar-refractivity contribution in [2.24, 2.45) is 0 Å². The van der Waals surface area contributed by atoms with Crippen LogP contribution < -0.4 is 5.32 Å². The SMILES string of the molecule is OCCNc1ncc(-c2cc(Br)ccc2F)cn1. The van der Waals surface area contributed by atoms with E-state index >= 15 is 0 Å². The van der Waals surface area contributed by atoms with Crippen LogP contribution in [0.4, 0.5) is 10.3 Å². The van der Waals surface area contributed by atoms with Gasteiger partial charge in [-0.15, -0.1) is 0 Å². The minimum atomic E-state index is -0.321.